The minimum absolute atomic E-state index is 0.0135. The fourth-order valence-electron chi connectivity index (χ4n) is 2.09. The summed E-state index contributed by atoms with van der Waals surface area (Å²) in [6, 6.07) is 9.23. The first-order chi connectivity index (χ1) is 11.3. The summed E-state index contributed by atoms with van der Waals surface area (Å²) in [5.74, 6) is 0. The number of nitro benzene ring substituents is 1. The average Bonchev–Trinajstić information content (AvgIpc) is 2.94. The molecule has 1 heterocycles. The molecule has 3 rings (SSSR count). The lowest BCUT2D eigenvalue weighted by Crippen LogP contribution is -2.05. The van der Waals surface area contributed by atoms with Gasteiger partial charge in [0, 0.05) is 18.7 Å². The maximum atomic E-state index is 12.5. The van der Waals surface area contributed by atoms with Gasteiger partial charge in [0.25, 0.3) is 5.69 Å². The van der Waals surface area contributed by atoms with Gasteiger partial charge >= 0.3 is 6.18 Å². The molecule has 1 N–H and O–H groups in total. The molecule has 0 atom stereocenters. The molecule has 0 amide bonds. The molecule has 0 fully saturated rings. The Bertz CT molecular complexity index is 891. The maximum Gasteiger partial charge on any atom is 0.416 e. The smallest absolute Gasteiger partial charge is 0.357 e. The second-order valence-corrected chi connectivity index (χ2v) is 6.01. The molecule has 0 saturated carbocycles. The molecule has 2 aromatic carbocycles. The van der Waals surface area contributed by atoms with Crippen LogP contribution in [-0.2, 0) is 12.7 Å². The number of nitrogens with one attached hydrogen (secondary N) is 1. The minimum Gasteiger partial charge on any atom is -0.357 e. The Labute approximate surface area is 137 Å². The Morgan fingerprint density at radius 1 is 1.17 bits per heavy atom. The number of hydrogen-bond acceptors (Lipinski definition) is 5. The lowest BCUT2D eigenvalue weighted by Gasteiger charge is -2.07. The topological polar surface area (TPSA) is 68.1 Å². The van der Waals surface area contributed by atoms with Crippen molar-refractivity contribution < 1.29 is 18.1 Å². The minimum atomic E-state index is -4.35. The Hall–Kier alpha value is -2.68. The Balaban J connectivity index is 1.72. The van der Waals surface area contributed by atoms with E-state index >= 15 is 0 Å². The molecule has 0 bridgehead atoms. The third kappa shape index (κ3) is 3.46. The first-order valence-corrected chi connectivity index (χ1v) is 7.59. The fraction of sp³-hybridized carbons (Fsp3) is 0.133. The van der Waals surface area contributed by atoms with Gasteiger partial charge < -0.3 is 5.32 Å². The van der Waals surface area contributed by atoms with Gasteiger partial charge in [-0.15, -0.1) is 0 Å². The Morgan fingerprint density at radius 2 is 1.88 bits per heavy atom. The molecule has 124 valence electrons. The van der Waals surface area contributed by atoms with E-state index in [1.807, 2.05) is 0 Å². The van der Waals surface area contributed by atoms with Gasteiger partial charge in [0.15, 0.2) is 5.13 Å². The van der Waals surface area contributed by atoms with Gasteiger partial charge in [0.05, 0.1) is 20.7 Å². The van der Waals surface area contributed by atoms with E-state index in [0.717, 1.165) is 12.1 Å². The van der Waals surface area contributed by atoms with Crippen molar-refractivity contribution in [2.45, 2.75) is 12.7 Å². The van der Waals surface area contributed by atoms with Crippen LogP contribution in [-0.4, -0.2) is 9.91 Å². The molecule has 0 spiro atoms. The number of alkyl halides is 3. The van der Waals surface area contributed by atoms with Crippen LogP contribution in [0.1, 0.15) is 11.1 Å². The third-order valence-electron chi connectivity index (χ3n) is 3.31. The van der Waals surface area contributed by atoms with Crippen LogP contribution in [0.2, 0.25) is 0 Å². The summed E-state index contributed by atoms with van der Waals surface area (Å²) in [5, 5.41) is 14.3. The number of fused-ring (bicyclic) bond motifs is 1. The van der Waals surface area contributed by atoms with Crippen LogP contribution in [0.3, 0.4) is 0 Å². The number of halogens is 3. The van der Waals surface area contributed by atoms with Gasteiger partial charge in [-0.05, 0) is 23.8 Å². The van der Waals surface area contributed by atoms with Crippen molar-refractivity contribution in [2.75, 3.05) is 5.32 Å². The van der Waals surface area contributed by atoms with Gasteiger partial charge in [-0.25, -0.2) is 4.98 Å². The number of nitrogens with zero attached hydrogens (tertiary/aromatic N) is 2. The summed E-state index contributed by atoms with van der Waals surface area (Å²) in [7, 11) is 0. The van der Waals surface area contributed by atoms with Gasteiger partial charge in [-0.1, -0.05) is 23.5 Å². The van der Waals surface area contributed by atoms with Gasteiger partial charge in [-0.3, -0.25) is 10.1 Å². The molecule has 0 aliphatic rings. The van der Waals surface area contributed by atoms with Crippen LogP contribution in [0.5, 0.6) is 0 Å². The van der Waals surface area contributed by atoms with Crippen LogP contribution in [0.25, 0.3) is 10.2 Å². The van der Waals surface area contributed by atoms with Crippen molar-refractivity contribution in [2.24, 2.45) is 0 Å². The number of non-ortho nitro benzene ring substituents is 1. The molecule has 1 aromatic heterocycles. The van der Waals surface area contributed by atoms with Crippen LogP contribution in [0.4, 0.5) is 24.0 Å². The van der Waals surface area contributed by atoms with Gasteiger partial charge in [-0.2, -0.15) is 13.2 Å². The first-order valence-electron chi connectivity index (χ1n) is 6.78. The van der Waals surface area contributed by atoms with E-state index in [-0.39, 0.29) is 5.69 Å². The summed E-state index contributed by atoms with van der Waals surface area (Å²) in [6.45, 7) is 0.306. The van der Waals surface area contributed by atoms with E-state index in [1.165, 1.54) is 35.6 Å². The predicted octanol–water partition coefficient (Wildman–Crippen LogP) is 4.84. The Kier molecular flexibility index (Phi) is 4.10. The standard InChI is InChI=1S/C15H10F3N3O2S/c16-15(17,18)10-3-1-9(2-4-10)8-19-14-20-12-6-5-11(21(22)23)7-13(12)24-14/h1-7H,8H2,(H,19,20). The highest BCUT2D eigenvalue weighted by atomic mass is 32.1. The molecule has 0 aliphatic carbocycles. The monoisotopic (exact) mass is 353 g/mol. The number of hydrogen-bond donors (Lipinski definition) is 1. The van der Waals surface area contributed by atoms with Crippen molar-refractivity contribution in [1.82, 2.24) is 4.98 Å². The summed E-state index contributed by atoms with van der Waals surface area (Å²) in [4.78, 5) is 14.6. The second kappa shape index (κ2) is 6.08. The largest absolute Gasteiger partial charge is 0.416 e. The number of aromatic nitrogens is 1. The molecule has 5 nitrogen and oxygen atoms in total. The maximum absolute atomic E-state index is 12.5. The molecule has 0 radical (unpaired) electrons. The highest BCUT2D eigenvalue weighted by Crippen LogP contribution is 2.30. The summed E-state index contributed by atoms with van der Waals surface area (Å²) in [5.41, 5.74) is 0.591. The molecular formula is C15H10F3N3O2S. The van der Waals surface area contributed by atoms with Crippen molar-refractivity contribution in [1.29, 1.82) is 0 Å². The number of rotatable bonds is 4. The molecule has 3 aromatic rings. The van der Waals surface area contributed by atoms with Crippen molar-refractivity contribution >= 4 is 32.4 Å². The van der Waals surface area contributed by atoms with E-state index < -0.39 is 16.7 Å². The van der Waals surface area contributed by atoms with Crippen LogP contribution in [0.15, 0.2) is 42.5 Å². The van der Waals surface area contributed by atoms with E-state index in [9.17, 15) is 23.3 Å². The number of thiazole rings is 1. The molecule has 0 unspecified atom stereocenters. The lowest BCUT2D eigenvalue weighted by atomic mass is 10.1. The van der Waals surface area contributed by atoms with Crippen LogP contribution >= 0.6 is 11.3 Å². The van der Waals surface area contributed by atoms with Gasteiger partial charge in [0.2, 0.25) is 0 Å². The first kappa shape index (κ1) is 16.2. The number of benzene rings is 2. The molecule has 9 heteroatoms. The molecule has 0 aliphatic heterocycles. The zero-order valence-corrected chi connectivity index (χ0v) is 12.8. The third-order valence-corrected chi connectivity index (χ3v) is 4.28. The fourth-order valence-corrected chi connectivity index (χ4v) is 2.99. The molecule has 0 saturated heterocycles. The van der Waals surface area contributed by atoms with Crippen LogP contribution in [0, 0.1) is 10.1 Å². The zero-order valence-electron chi connectivity index (χ0n) is 12.0. The average molecular weight is 353 g/mol. The van der Waals surface area contributed by atoms with Crippen molar-refractivity contribution in [3.8, 4) is 0 Å². The number of anilines is 1. The normalized spacial score (nSPS) is 11.6. The zero-order chi connectivity index (χ0) is 17.3. The molecular weight excluding hydrogens is 343 g/mol. The summed E-state index contributed by atoms with van der Waals surface area (Å²) < 4.78 is 38.2. The highest BCUT2D eigenvalue weighted by Gasteiger charge is 2.29. The number of nitro groups is 1. The predicted molar refractivity (Wildman–Crippen MR) is 85.0 cm³/mol. The van der Waals surface area contributed by atoms with Crippen LogP contribution < -0.4 is 5.32 Å². The lowest BCUT2D eigenvalue weighted by molar-refractivity contribution is -0.384. The van der Waals surface area contributed by atoms with E-state index in [2.05, 4.69) is 10.3 Å². The summed E-state index contributed by atoms with van der Waals surface area (Å²) in [6.07, 6.45) is -4.35. The van der Waals surface area contributed by atoms with Crippen molar-refractivity contribution in [3.05, 3.63) is 63.7 Å². The second-order valence-electron chi connectivity index (χ2n) is 4.98. The Morgan fingerprint density at radius 3 is 2.50 bits per heavy atom. The SMILES string of the molecule is O=[N+]([O-])c1ccc2nc(NCc3ccc(C(F)(F)F)cc3)sc2c1. The molecule has 24 heavy (non-hydrogen) atoms. The quantitative estimate of drug-likeness (QED) is 0.538. The van der Waals surface area contributed by atoms with E-state index in [1.54, 1.807) is 6.07 Å². The van der Waals surface area contributed by atoms with E-state index in [4.69, 9.17) is 0 Å². The highest BCUT2D eigenvalue weighted by molar-refractivity contribution is 7.22. The van der Waals surface area contributed by atoms with E-state index in [0.29, 0.717) is 27.5 Å². The van der Waals surface area contributed by atoms with Crippen molar-refractivity contribution in [3.63, 3.8) is 0 Å². The summed E-state index contributed by atoms with van der Waals surface area (Å²) >= 11 is 1.25. The van der Waals surface area contributed by atoms with Gasteiger partial charge in [0.1, 0.15) is 0 Å².